The Morgan fingerprint density at radius 3 is 3.18 bits per heavy atom. The fourth-order valence-corrected chi connectivity index (χ4v) is 1.88. The molecule has 2 heterocycles. The fraction of sp³-hybridized carbons (Fsp3) is 0.455. The molecule has 1 aromatic heterocycles. The molecule has 1 atom stereocenters. The van der Waals surface area contributed by atoms with Crippen LogP contribution in [0, 0.1) is 0 Å². The van der Waals surface area contributed by atoms with Crippen molar-refractivity contribution < 1.29 is 19.7 Å². The Hall–Kier alpha value is -1.66. The first-order valence-electron chi connectivity index (χ1n) is 5.37. The summed E-state index contributed by atoms with van der Waals surface area (Å²) in [5.41, 5.74) is 0.146. The SMILES string of the molecule is O=C(O)c1cccnc1N1CCOCC1CO. The average Bonchev–Trinajstić information content (AvgIpc) is 2.38. The normalized spacial score (nSPS) is 20.3. The van der Waals surface area contributed by atoms with E-state index in [1.807, 2.05) is 0 Å². The zero-order chi connectivity index (χ0) is 12.3. The van der Waals surface area contributed by atoms with E-state index in [-0.39, 0.29) is 18.2 Å². The summed E-state index contributed by atoms with van der Waals surface area (Å²) in [6.45, 7) is 1.33. The van der Waals surface area contributed by atoms with Gasteiger partial charge in [-0.15, -0.1) is 0 Å². The van der Waals surface area contributed by atoms with E-state index in [1.54, 1.807) is 17.2 Å². The molecule has 1 unspecified atom stereocenters. The van der Waals surface area contributed by atoms with E-state index in [4.69, 9.17) is 9.84 Å². The van der Waals surface area contributed by atoms with Crippen molar-refractivity contribution >= 4 is 11.8 Å². The first-order chi connectivity index (χ1) is 8.24. The number of aromatic carboxylic acids is 1. The average molecular weight is 238 g/mol. The van der Waals surface area contributed by atoms with Gasteiger partial charge in [0.1, 0.15) is 11.4 Å². The van der Waals surface area contributed by atoms with Crippen molar-refractivity contribution in [3.05, 3.63) is 23.9 Å². The monoisotopic (exact) mass is 238 g/mol. The molecule has 0 aromatic carbocycles. The van der Waals surface area contributed by atoms with Crippen molar-refractivity contribution in [1.29, 1.82) is 0 Å². The lowest BCUT2D eigenvalue weighted by Gasteiger charge is -2.35. The van der Waals surface area contributed by atoms with Gasteiger partial charge >= 0.3 is 5.97 Å². The number of carboxylic acids is 1. The van der Waals surface area contributed by atoms with Gasteiger partial charge in [-0.05, 0) is 12.1 Å². The van der Waals surface area contributed by atoms with E-state index in [1.165, 1.54) is 6.07 Å². The second-order valence-corrected chi connectivity index (χ2v) is 3.78. The van der Waals surface area contributed by atoms with E-state index < -0.39 is 5.97 Å². The maximum Gasteiger partial charge on any atom is 0.339 e. The number of carbonyl (C=O) groups is 1. The summed E-state index contributed by atoms with van der Waals surface area (Å²) in [6, 6.07) is 2.85. The Kier molecular flexibility index (Phi) is 3.55. The van der Waals surface area contributed by atoms with Gasteiger partial charge in [-0.25, -0.2) is 9.78 Å². The third kappa shape index (κ3) is 2.37. The molecule has 0 amide bonds. The molecule has 17 heavy (non-hydrogen) atoms. The maximum atomic E-state index is 11.1. The highest BCUT2D eigenvalue weighted by molar-refractivity contribution is 5.93. The molecule has 0 spiro atoms. The number of morpholine rings is 1. The molecule has 6 heteroatoms. The highest BCUT2D eigenvalue weighted by atomic mass is 16.5. The Labute approximate surface area is 98.5 Å². The lowest BCUT2D eigenvalue weighted by Crippen LogP contribution is -2.48. The minimum absolute atomic E-state index is 0.0877. The van der Waals surface area contributed by atoms with Gasteiger partial charge in [0.2, 0.25) is 0 Å². The van der Waals surface area contributed by atoms with Gasteiger partial charge in [-0.2, -0.15) is 0 Å². The second kappa shape index (κ2) is 5.11. The maximum absolute atomic E-state index is 11.1. The molecule has 1 aromatic rings. The van der Waals surface area contributed by atoms with Crippen molar-refractivity contribution in [3.63, 3.8) is 0 Å². The first-order valence-corrected chi connectivity index (χ1v) is 5.37. The number of anilines is 1. The van der Waals surface area contributed by atoms with Gasteiger partial charge in [0.25, 0.3) is 0 Å². The van der Waals surface area contributed by atoms with Gasteiger partial charge in [-0.3, -0.25) is 0 Å². The number of aliphatic hydroxyl groups excluding tert-OH is 1. The summed E-state index contributed by atoms with van der Waals surface area (Å²) < 4.78 is 5.25. The Morgan fingerprint density at radius 2 is 2.47 bits per heavy atom. The van der Waals surface area contributed by atoms with Crippen molar-refractivity contribution in [2.75, 3.05) is 31.3 Å². The van der Waals surface area contributed by atoms with Crippen LogP contribution in [0.2, 0.25) is 0 Å². The van der Waals surface area contributed by atoms with E-state index in [2.05, 4.69) is 4.98 Å². The molecule has 0 bridgehead atoms. The van der Waals surface area contributed by atoms with Crippen LogP contribution in [0.5, 0.6) is 0 Å². The summed E-state index contributed by atoms with van der Waals surface area (Å²) in [7, 11) is 0. The van der Waals surface area contributed by atoms with Crippen LogP contribution in [0.1, 0.15) is 10.4 Å². The van der Waals surface area contributed by atoms with Gasteiger partial charge in [0, 0.05) is 12.7 Å². The van der Waals surface area contributed by atoms with Gasteiger partial charge in [-0.1, -0.05) is 0 Å². The number of nitrogens with zero attached hydrogens (tertiary/aromatic N) is 2. The van der Waals surface area contributed by atoms with Crippen LogP contribution in [-0.4, -0.2) is 53.6 Å². The number of aromatic nitrogens is 1. The van der Waals surface area contributed by atoms with Crippen LogP contribution < -0.4 is 4.90 Å². The summed E-state index contributed by atoms with van der Waals surface area (Å²) in [4.78, 5) is 17.0. The number of aliphatic hydroxyl groups is 1. The van der Waals surface area contributed by atoms with E-state index in [0.29, 0.717) is 25.6 Å². The number of hydrogen-bond acceptors (Lipinski definition) is 5. The van der Waals surface area contributed by atoms with Crippen LogP contribution in [-0.2, 0) is 4.74 Å². The molecule has 2 N–H and O–H groups in total. The van der Waals surface area contributed by atoms with Gasteiger partial charge < -0.3 is 19.8 Å². The predicted octanol–water partition coefficient (Wildman–Crippen LogP) is -0.0227. The molecule has 2 rings (SSSR count). The molecule has 0 radical (unpaired) electrons. The molecule has 6 nitrogen and oxygen atoms in total. The standard InChI is InChI=1S/C11H14N2O4/c14-6-8-7-17-5-4-13(8)10-9(11(15)16)2-1-3-12-10/h1-3,8,14H,4-7H2,(H,15,16). The molecular weight excluding hydrogens is 224 g/mol. The van der Waals surface area contributed by atoms with E-state index in [9.17, 15) is 9.90 Å². The zero-order valence-corrected chi connectivity index (χ0v) is 9.24. The van der Waals surface area contributed by atoms with Crippen LogP contribution in [0.15, 0.2) is 18.3 Å². The Balaban J connectivity index is 2.34. The van der Waals surface area contributed by atoms with Crippen molar-refractivity contribution in [2.45, 2.75) is 6.04 Å². The molecule has 1 fully saturated rings. The summed E-state index contributed by atoms with van der Waals surface area (Å²) >= 11 is 0. The Morgan fingerprint density at radius 1 is 1.65 bits per heavy atom. The third-order valence-corrected chi connectivity index (χ3v) is 2.73. The molecule has 1 aliphatic rings. The molecule has 0 saturated carbocycles. The number of ether oxygens (including phenoxy) is 1. The highest BCUT2D eigenvalue weighted by Gasteiger charge is 2.26. The quantitative estimate of drug-likeness (QED) is 0.770. The van der Waals surface area contributed by atoms with Crippen LogP contribution >= 0.6 is 0 Å². The summed E-state index contributed by atoms with van der Waals surface area (Å²) in [5.74, 6) is -0.626. The summed E-state index contributed by atoms with van der Waals surface area (Å²) in [5, 5.41) is 18.4. The lowest BCUT2D eigenvalue weighted by molar-refractivity contribution is 0.0674. The first kappa shape index (κ1) is 11.8. The number of pyridine rings is 1. The van der Waals surface area contributed by atoms with Crippen LogP contribution in [0.3, 0.4) is 0 Å². The zero-order valence-electron chi connectivity index (χ0n) is 9.24. The van der Waals surface area contributed by atoms with Gasteiger partial charge in [0.15, 0.2) is 0 Å². The van der Waals surface area contributed by atoms with E-state index >= 15 is 0 Å². The lowest BCUT2D eigenvalue weighted by atomic mass is 10.2. The Bertz CT molecular complexity index is 410. The third-order valence-electron chi connectivity index (χ3n) is 2.73. The van der Waals surface area contributed by atoms with Crippen molar-refractivity contribution in [3.8, 4) is 0 Å². The molecule has 1 aliphatic heterocycles. The van der Waals surface area contributed by atoms with Crippen LogP contribution in [0.25, 0.3) is 0 Å². The smallest absolute Gasteiger partial charge is 0.339 e. The minimum atomic E-state index is -1.02. The second-order valence-electron chi connectivity index (χ2n) is 3.78. The topological polar surface area (TPSA) is 82.9 Å². The fourth-order valence-electron chi connectivity index (χ4n) is 1.88. The van der Waals surface area contributed by atoms with Crippen molar-refractivity contribution in [2.24, 2.45) is 0 Å². The molecular formula is C11H14N2O4. The predicted molar refractivity (Wildman–Crippen MR) is 60.2 cm³/mol. The number of rotatable bonds is 3. The highest BCUT2D eigenvalue weighted by Crippen LogP contribution is 2.21. The number of hydrogen-bond donors (Lipinski definition) is 2. The molecule has 0 aliphatic carbocycles. The van der Waals surface area contributed by atoms with Crippen LogP contribution in [0.4, 0.5) is 5.82 Å². The van der Waals surface area contributed by atoms with Crippen molar-refractivity contribution in [1.82, 2.24) is 4.98 Å². The number of carboxylic acid groups (broad SMARTS) is 1. The largest absolute Gasteiger partial charge is 0.478 e. The summed E-state index contributed by atoms with van der Waals surface area (Å²) in [6.07, 6.45) is 1.55. The van der Waals surface area contributed by atoms with Gasteiger partial charge in [0.05, 0.1) is 25.9 Å². The minimum Gasteiger partial charge on any atom is -0.478 e. The molecule has 1 saturated heterocycles. The van der Waals surface area contributed by atoms with E-state index in [0.717, 1.165) is 0 Å². The molecule has 92 valence electrons.